The van der Waals surface area contributed by atoms with E-state index < -0.39 is 0 Å². The van der Waals surface area contributed by atoms with Crippen molar-refractivity contribution in [1.29, 1.82) is 0 Å². The molecule has 6 nitrogen and oxygen atoms in total. The number of carbonyl (C=O) groups excluding carboxylic acids is 3. The Kier molecular flexibility index (Phi) is 3.48. The van der Waals surface area contributed by atoms with Crippen molar-refractivity contribution in [3.8, 4) is 0 Å². The lowest BCUT2D eigenvalue weighted by Gasteiger charge is -2.29. The van der Waals surface area contributed by atoms with E-state index in [4.69, 9.17) is 4.74 Å². The van der Waals surface area contributed by atoms with Crippen LogP contribution in [0.15, 0.2) is 24.3 Å². The molecule has 0 atom stereocenters. The van der Waals surface area contributed by atoms with Crippen LogP contribution in [0.3, 0.4) is 0 Å². The third-order valence-electron chi connectivity index (χ3n) is 4.13. The number of benzene rings is 1. The van der Waals surface area contributed by atoms with Crippen molar-refractivity contribution in [2.24, 2.45) is 0 Å². The molecule has 0 saturated carbocycles. The van der Waals surface area contributed by atoms with Gasteiger partial charge in [0.25, 0.3) is 11.8 Å². The molecule has 116 valence electrons. The second-order valence-electron chi connectivity index (χ2n) is 6.17. The summed E-state index contributed by atoms with van der Waals surface area (Å²) in [6, 6.07) is 6.72. The maximum absolute atomic E-state index is 12.3. The van der Waals surface area contributed by atoms with Crippen molar-refractivity contribution >= 4 is 17.7 Å². The van der Waals surface area contributed by atoms with Gasteiger partial charge in [-0.25, -0.2) is 0 Å². The number of imide groups is 1. The van der Waals surface area contributed by atoms with Gasteiger partial charge in [-0.3, -0.25) is 19.3 Å². The van der Waals surface area contributed by atoms with Crippen LogP contribution < -0.4 is 0 Å². The zero-order valence-corrected chi connectivity index (χ0v) is 12.7. The Morgan fingerprint density at radius 1 is 1.18 bits per heavy atom. The molecule has 0 N–H and O–H groups in total. The Morgan fingerprint density at radius 2 is 1.77 bits per heavy atom. The molecule has 22 heavy (non-hydrogen) atoms. The summed E-state index contributed by atoms with van der Waals surface area (Å²) in [5.41, 5.74) is 0.466. The average molecular weight is 302 g/mol. The van der Waals surface area contributed by atoms with Gasteiger partial charge in [-0.1, -0.05) is 12.1 Å². The molecule has 2 aliphatic heterocycles. The fourth-order valence-corrected chi connectivity index (χ4v) is 2.83. The van der Waals surface area contributed by atoms with Crippen LogP contribution in [0.1, 0.15) is 41.0 Å². The molecule has 0 bridgehead atoms. The first-order chi connectivity index (χ1) is 10.4. The van der Waals surface area contributed by atoms with Gasteiger partial charge in [0.05, 0.1) is 23.3 Å². The summed E-state index contributed by atoms with van der Waals surface area (Å²) in [6.45, 7) is 4.71. The lowest BCUT2D eigenvalue weighted by Crippen LogP contribution is -2.45. The molecular weight excluding hydrogens is 284 g/mol. The standard InChI is InChI=1S/C16H18N2O4/c1-16(2)9-22-10-18(16)13(19)7-8-17-14(20)11-5-3-4-6-12(11)15(17)21/h3-6H,7-10H2,1-2H3. The summed E-state index contributed by atoms with van der Waals surface area (Å²) in [4.78, 5) is 39.5. The quantitative estimate of drug-likeness (QED) is 0.789. The highest BCUT2D eigenvalue weighted by Crippen LogP contribution is 2.25. The minimum atomic E-state index is -0.348. The third kappa shape index (κ3) is 2.29. The van der Waals surface area contributed by atoms with Gasteiger partial charge in [-0.05, 0) is 26.0 Å². The van der Waals surface area contributed by atoms with Gasteiger partial charge in [0.15, 0.2) is 0 Å². The van der Waals surface area contributed by atoms with Crippen LogP contribution in [-0.2, 0) is 9.53 Å². The first-order valence-electron chi connectivity index (χ1n) is 7.25. The Labute approximate surface area is 128 Å². The van der Waals surface area contributed by atoms with Gasteiger partial charge in [0.2, 0.25) is 5.91 Å². The molecule has 1 aromatic rings. The van der Waals surface area contributed by atoms with Crippen molar-refractivity contribution in [3.05, 3.63) is 35.4 Å². The first-order valence-corrected chi connectivity index (χ1v) is 7.25. The second kappa shape index (κ2) is 5.21. The van der Waals surface area contributed by atoms with Crippen molar-refractivity contribution in [1.82, 2.24) is 9.80 Å². The topological polar surface area (TPSA) is 66.9 Å². The van der Waals surface area contributed by atoms with E-state index in [1.54, 1.807) is 29.2 Å². The first kappa shape index (κ1) is 14.7. The smallest absolute Gasteiger partial charge is 0.261 e. The van der Waals surface area contributed by atoms with E-state index in [-0.39, 0.29) is 43.0 Å². The molecule has 1 saturated heterocycles. The van der Waals surface area contributed by atoms with Crippen molar-refractivity contribution in [3.63, 3.8) is 0 Å². The van der Waals surface area contributed by atoms with Crippen LogP contribution in [-0.4, -0.2) is 52.9 Å². The number of hydrogen-bond acceptors (Lipinski definition) is 4. The maximum Gasteiger partial charge on any atom is 0.261 e. The summed E-state index contributed by atoms with van der Waals surface area (Å²) in [5, 5.41) is 0. The molecule has 1 fully saturated rings. The molecule has 2 aliphatic rings. The maximum atomic E-state index is 12.3. The normalized spacial score (nSPS) is 19.7. The number of hydrogen-bond donors (Lipinski definition) is 0. The lowest BCUT2D eigenvalue weighted by atomic mass is 10.1. The SMILES string of the molecule is CC1(C)COCN1C(=O)CCN1C(=O)c2ccccc2C1=O. The summed E-state index contributed by atoms with van der Waals surface area (Å²) < 4.78 is 5.32. The summed E-state index contributed by atoms with van der Waals surface area (Å²) in [5.74, 6) is -0.769. The van der Waals surface area contributed by atoms with Crippen molar-refractivity contribution in [2.75, 3.05) is 19.9 Å². The highest BCUT2D eigenvalue weighted by molar-refractivity contribution is 6.21. The van der Waals surface area contributed by atoms with Crippen molar-refractivity contribution in [2.45, 2.75) is 25.8 Å². The fourth-order valence-electron chi connectivity index (χ4n) is 2.83. The summed E-state index contributed by atoms with van der Waals surface area (Å²) in [7, 11) is 0. The minimum absolute atomic E-state index is 0.0950. The molecule has 1 aromatic carbocycles. The van der Waals surface area contributed by atoms with Gasteiger partial charge < -0.3 is 9.64 Å². The predicted molar refractivity (Wildman–Crippen MR) is 78.2 cm³/mol. The Balaban J connectivity index is 1.67. The number of nitrogens with zero attached hydrogens (tertiary/aromatic N) is 2. The third-order valence-corrected chi connectivity index (χ3v) is 4.13. The number of rotatable bonds is 3. The van der Waals surface area contributed by atoms with Gasteiger partial charge in [-0.15, -0.1) is 0 Å². The van der Waals surface area contributed by atoms with Crippen LogP contribution in [0.4, 0.5) is 0 Å². The Bertz CT molecular complexity index is 618. The van der Waals surface area contributed by atoms with Crippen LogP contribution in [0.2, 0.25) is 0 Å². The fraction of sp³-hybridized carbons (Fsp3) is 0.438. The van der Waals surface area contributed by atoms with E-state index in [1.807, 2.05) is 13.8 Å². The van der Waals surface area contributed by atoms with Crippen LogP contribution >= 0.6 is 0 Å². The average Bonchev–Trinajstić information content (AvgIpc) is 2.96. The van der Waals surface area contributed by atoms with Crippen molar-refractivity contribution < 1.29 is 19.1 Å². The number of fused-ring (bicyclic) bond motifs is 1. The zero-order valence-electron chi connectivity index (χ0n) is 12.7. The molecular formula is C16H18N2O4. The predicted octanol–water partition coefficient (Wildman–Crippen LogP) is 1.27. The molecule has 0 unspecified atom stereocenters. The summed E-state index contributed by atoms with van der Waals surface area (Å²) in [6.07, 6.45) is 0.109. The van der Waals surface area contributed by atoms with E-state index in [9.17, 15) is 14.4 Å². The van der Waals surface area contributed by atoms with E-state index in [1.165, 1.54) is 0 Å². The summed E-state index contributed by atoms with van der Waals surface area (Å²) >= 11 is 0. The molecule has 3 amide bonds. The molecule has 0 radical (unpaired) electrons. The van der Waals surface area contributed by atoms with Gasteiger partial charge in [0.1, 0.15) is 6.73 Å². The number of amides is 3. The van der Waals surface area contributed by atoms with Gasteiger partial charge >= 0.3 is 0 Å². The molecule has 3 rings (SSSR count). The number of ether oxygens (including phenoxy) is 1. The molecule has 6 heteroatoms. The lowest BCUT2D eigenvalue weighted by molar-refractivity contribution is -0.135. The minimum Gasteiger partial charge on any atom is -0.359 e. The highest BCUT2D eigenvalue weighted by Gasteiger charge is 2.38. The van der Waals surface area contributed by atoms with Crippen LogP contribution in [0, 0.1) is 0 Å². The number of carbonyl (C=O) groups is 3. The molecule has 2 heterocycles. The molecule has 0 aliphatic carbocycles. The van der Waals surface area contributed by atoms with Gasteiger partial charge in [0, 0.05) is 13.0 Å². The van der Waals surface area contributed by atoms with Crippen LogP contribution in [0.25, 0.3) is 0 Å². The van der Waals surface area contributed by atoms with Gasteiger partial charge in [-0.2, -0.15) is 0 Å². The molecule has 0 spiro atoms. The Morgan fingerprint density at radius 3 is 2.27 bits per heavy atom. The zero-order chi connectivity index (χ0) is 15.9. The van der Waals surface area contributed by atoms with E-state index in [0.717, 1.165) is 4.90 Å². The monoisotopic (exact) mass is 302 g/mol. The van der Waals surface area contributed by atoms with E-state index >= 15 is 0 Å². The van der Waals surface area contributed by atoms with E-state index in [0.29, 0.717) is 17.7 Å². The molecule has 0 aromatic heterocycles. The second-order valence-corrected chi connectivity index (χ2v) is 6.17. The largest absolute Gasteiger partial charge is 0.359 e. The van der Waals surface area contributed by atoms with Crippen LogP contribution in [0.5, 0.6) is 0 Å². The Hall–Kier alpha value is -2.21. The van der Waals surface area contributed by atoms with E-state index in [2.05, 4.69) is 0 Å². The highest BCUT2D eigenvalue weighted by atomic mass is 16.5.